The Kier molecular flexibility index (Phi) is 4.13. The molecule has 0 aromatic rings. The summed E-state index contributed by atoms with van der Waals surface area (Å²) in [5, 5.41) is 0.102. The first-order valence-electron chi connectivity index (χ1n) is 7.92. The van der Waals surface area contributed by atoms with E-state index in [0.29, 0.717) is 0 Å². The molecule has 1 unspecified atom stereocenters. The topological polar surface area (TPSA) is 52.6 Å². The molecule has 2 fully saturated rings. The van der Waals surface area contributed by atoms with Crippen LogP contribution in [0.2, 0.25) is 18.1 Å². The van der Waals surface area contributed by atoms with Crippen molar-refractivity contribution in [3.05, 3.63) is 0 Å². The zero-order valence-corrected chi connectivity index (χ0v) is 15.1. The molecule has 1 saturated heterocycles. The van der Waals surface area contributed by atoms with Gasteiger partial charge in [-0.1, -0.05) is 27.2 Å². The Morgan fingerprint density at radius 2 is 1.95 bits per heavy atom. The maximum Gasteiger partial charge on any atom is 0.321 e. The molecule has 1 saturated carbocycles. The molecule has 0 radical (unpaired) electrons. The van der Waals surface area contributed by atoms with Gasteiger partial charge in [0.25, 0.3) is 0 Å². The maximum absolute atomic E-state index is 11.9. The van der Waals surface area contributed by atoms with E-state index in [-0.39, 0.29) is 22.9 Å². The number of rotatable bonds is 3. The quantitative estimate of drug-likeness (QED) is 0.455. The van der Waals surface area contributed by atoms with Gasteiger partial charge in [-0.3, -0.25) is 9.59 Å². The van der Waals surface area contributed by atoms with Crippen molar-refractivity contribution in [2.45, 2.75) is 83.2 Å². The zero-order chi connectivity index (χ0) is 16.1. The number of carbonyl (C=O) groups excluding carboxylic acids is 2. The Hall–Kier alpha value is -0.683. The molecule has 0 amide bonds. The summed E-state index contributed by atoms with van der Waals surface area (Å²) >= 11 is 0. The summed E-state index contributed by atoms with van der Waals surface area (Å²) in [5.41, 5.74) is -0.684. The van der Waals surface area contributed by atoms with E-state index in [1.807, 2.05) is 0 Å². The average molecular weight is 312 g/mol. The maximum atomic E-state index is 11.9. The van der Waals surface area contributed by atoms with E-state index < -0.39 is 19.8 Å². The predicted octanol–water partition coefficient (Wildman–Crippen LogP) is 3.45. The largest absolute Gasteiger partial charge is 0.454 e. The zero-order valence-electron chi connectivity index (χ0n) is 14.1. The van der Waals surface area contributed by atoms with Crippen molar-refractivity contribution in [3.63, 3.8) is 0 Å². The highest BCUT2D eigenvalue weighted by atomic mass is 28.4. The van der Waals surface area contributed by atoms with Crippen LogP contribution in [0.5, 0.6) is 0 Å². The van der Waals surface area contributed by atoms with Crippen LogP contribution in [0.4, 0.5) is 0 Å². The van der Waals surface area contributed by atoms with Gasteiger partial charge in [-0.2, -0.15) is 0 Å². The predicted molar refractivity (Wildman–Crippen MR) is 83.5 cm³/mol. The van der Waals surface area contributed by atoms with E-state index in [2.05, 4.69) is 33.9 Å². The summed E-state index contributed by atoms with van der Waals surface area (Å²) < 4.78 is 12.1. The fourth-order valence-electron chi connectivity index (χ4n) is 3.23. The molecule has 3 atom stereocenters. The van der Waals surface area contributed by atoms with Crippen LogP contribution >= 0.6 is 0 Å². The average Bonchev–Trinajstić information content (AvgIpc) is 2.28. The highest BCUT2D eigenvalue weighted by Crippen LogP contribution is 2.50. The van der Waals surface area contributed by atoms with Crippen LogP contribution in [-0.4, -0.2) is 31.8 Å². The van der Waals surface area contributed by atoms with Gasteiger partial charge in [0.1, 0.15) is 5.78 Å². The number of ether oxygens (including phenoxy) is 1. The van der Waals surface area contributed by atoms with Crippen molar-refractivity contribution in [1.82, 2.24) is 0 Å². The SMILES string of the molecule is CC(=O)C1C(=O)O[C@@]12CCCC[C@H]2O[Si](C)(C)C(C)(C)C. The van der Waals surface area contributed by atoms with E-state index in [1.165, 1.54) is 6.92 Å². The van der Waals surface area contributed by atoms with Gasteiger partial charge in [0, 0.05) is 0 Å². The van der Waals surface area contributed by atoms with Gasteiger partial charge in [-0.05, 0) is 44.3 Å². The van der Waals surface area contributed by atoms with Gasteiger partial charge < -0.3 is 9.16 Å². The molecule has 21 heavy (non-hydrogen) atoms. The summed E-state index contributed by atoms with van der Waals surface area (Å²) in [6.45, 7) is 12.5. The molecule has 0 N–H and O–H groups in total. The normalized spacial score (nSPS) is 33.5. The van der Waals surface area contributed by atoms with Gasteiger partial charge in [-0.25, -0.2) is 0 Å². The number of hydrogen-bond acceptors (Lipinski definition) is 4. The van der Waals surface area contributed by atoms with Crippen molar-refractivity contribution >= 4 is 20.1 Å². The molecule has 1 aliphatic carbocycles. The van der Waals surface area contributed by atoms with Crippen LogP contribution in [0.1, 0.15) is 53.4 Å². The Labute approximate surface area is 128 Å². The highest BCUT2D eigenvalue weighted by molar-refractivity contribution is 6.74. The molecule has 1 aliphatic heterocycles. The molecule has 120 valence electrons. The van der Waals surface area contributed by atoms with Crippen LogP contribution in [-0.2, 0) is 18.8 Å². The minimum absolute atomic E-state index is 0.0861. The Morgan fingerprint density at radius 1 is 1.33 bits per heavy atom. The van der Waals surface area contributed by atoms with E-state index in [0.717, 1.165) is 25.7 Å². The lowest BCUT2D eigenvalue weighted by atomic mass is 9.68. The molecule has 2 aliphatic rings. The fourth-order valence-corrected chi connectivity index (χ4v) is 4.61. The first kappa shape index (κ1) is 16.7. The Morgan fingerprint density at radius 3 is 2.43 bits per heavy atom. The van der Waals surface area contributed by atoms with E-state index >= 15 is 0 Å². The van der Waals surface area contributed by atoms with Crippen molar-refractivity contribution < 1.29 is 18.8 Å². The second-order valence-electron chi connectivity index (χ2n) is 8.03. The summed E-state index contributed by atoms with van der Waals surface area (Å²) in [7, 11) is -1.95. The summed E-state index contributed by atoms with van der Waals surface area (Å²) in [5.74, 6) is -1.07. The van der Waals surface area contributed by atoms with Crippen LogP contribution < -0.4 is 0 Å². The van der Waals surface area contributed by atoms with Crippen LogP contribution in [0.3, 0.4) is 0 Å². The fraction of sp³-hybridized carbons (Fsp3) is 0.875. The smallest absolute Gasteiger partial charge is 0.321 e. The molecule has 5 heteroatoms. The van der Waals surface area contributed by atoms with E-state index in [4.69, 9.17) is 9.16 Å². The third-order valence-corrected chi connectivity index (χ3v) is 9.98. The lowest BCUT2D eigenvalue weighted by Gasteiger charge is -2.55. The van der Waals surface area contributed by atoms with Gasteiger partial charge >= 0.3 is 5.97 Å². The molecule has 1 spiro atoms. The van der Waals surface area contributed by atoms with Crippen molar-refractivity contribution in [2.24, 2.45) is 5.92 Å². The van der Waals surface area contributed by atoms with Gasteiger partial charge in [0.05, 0.1) is 6.10 Å². The Balaban J connectivity index is 2.25. The number of carbonyl (C=O) groups is 2. The monoisotopic (exact) mass is 312 g/mol. The number of Topliss-reactive ketones (excluding diaryl/α,β-unsaturated/α-hetero) is 1. The molecule has 0 aromatic carbocycles. The molecular weight excluding hydrogens is 284 g/mol. The Bertz CT molecular complexity index is 444. The first-order chi connectivity index (χ1) is 9.51. The molecule has 0 aromatic heterocycles. The van der Waals surface area contributed by atoms with E-state index in [9.17, 15) is 9.59 Å². The van der Waals surface area contributed by atoms with Crippen LogP contribution in [0, 0.1) is 5.92 Å². The van der Waals surface area contributed by atoms with Crippen molar-refractivity contribution in [1.29, 1.82) is 0 Å². The van der Waals surface area contributed by atoms with Crippen LogP contribution in [0.15, 0.2) is 0 Å². The lowest BCUT2D eigenvalue weighted by Crippen LogP contribution is -2.69. The number of ketones is 1. The second-order valence-corrected chi connectivity index (χ2v) is 12.8. The highest BCUT2D eigenvalue weighted by Gasteiger charge is 2.64. The molecule has 2 rings (SSSR count). The molecule has 0 bridgehead atoms. The first-order valence-corrected chi connectivity index (χ1v) is 10.8. The standard InChI is InChI=1S/C16H28O4Si/c1-11(17)13-14(18)19-16(13)10-8-7-9-12(16)20-21(5,6)15(2,3)4/h12-13H,7-10H2,1-6H3/t12-,13?,16-/m1/s1. The molecular formula is C16H28O4Si. The summed E-state index contributed by atoms with van der Waals surface area (Å²) in [6, 6.07) is 0. The summed E-state index contributed by atoms with van der Waals surface area (Å²) in [4.78, 5) is 23.6. The molecule has 4 nitrogen and oxygen atoms in total. The van der Waals surface area contributed by atoms with Gasteiger partial charge in [0.15, 0.2) is 19.8 Å². The number of esters is 1. The van der Waals surface area contributed by atoms with Gasteiger partial charge in [0.2, 0.25) is 0 Å². The third-order valence-electron chi connectivity index (χ3n) is 5.49. The second kappa shape index (κ2) is 5.20. The van der Waals surface area contributed by atoms with Crippen LogP contribution in [0.25, 0.3) is 0 Å². The van der Waals surface area contributed by atoms with E-state index in [1.54, 1.807) is 0 Å². The minimum atomic E-state index is -1.95. The third kappa shape index (κ3) is 2.70. The summed E-state index contributed by atoms with van der Waals surface area (Å²) in [6.07, 6.45) is 3.57. The van der Waals surface area contributed by atoms with Crippen molar-refractivity contribution in [3.8, 4) is 0 Å². The number of hydrogen-bond donors (Lipinski definition) is 0. The van der Waals surface area contributed by atoms with Crippen molar-refractivity contribution in [2.75, 3.05) is 0 Å². The minimum Gasteiger partial charge on any atom is -0.454 e. The molecule has 1 heterocycles. The lowest BCUT2D eigenvalue weighted by molar-refractivity contribution is -0.239. The van der Waals surface area contributed by atoms with Gasteiger partial charge in [-0.15, -0.1) is 0 Å².